The molecule has 0 bridgehead atoms. The highest BCUT2D eigenvalue weighted by Gasteiger charge is 2.24. The molecule has 1 nitrogen and oxygen atoms in total. The average molecular weight is 277 g/mol. The fraction of sp³-hybridized carbons (Fsp3) is 0.667. The summed E-state index contributed by atoms with van der Waals surface area (Å²) in [7, 11) is 0. The van der Waals surface area contributed by atoms with Crippen LogP contribution in [0.3, 0.4) is 0 Å². The molecule has 1 saturated carbocycles. The molecule has 1 fully saturated rings. The lowest BCUT2D eigenvalue weighted by Crippen LogP contribution is -2.34. The van der Waals surface area contributed by atoms with Gasteiger partial charge in [0.15, 0.2) is 0 Å². The number of hydrogen-bond acceptors (Lipinski definition) is 1. The second-order valence-electron chi connectivity index (χ2n) is 6.56. The van der Waals surface area contributed by atoms with Gasteiger partial charge in [-0.25, -0.2) is 4.39 Å². The van der Waals surface area contributed by atoms with E-state index in [4.69, 9.17) is 0 Å². The lowest BCUT2D eigenvalue weighted by molar-refractivity contribution is 0.236. The minimum absolute atomic E-state index is 0.110. The van der Waals surface area contributed by atoms with Crippen LogP contribution in [0.5, 0.6) is 0 Å². The fourth-order valence-electron chi connectivity index (χ4n) is 3.36. The van der Waals surface area contributed by atoms with Gasteiger partial charge in [-0.3, -0.25) is 0 Å². The quantitative estimate of drug-likeness (QED) is 0.803. The van der Waals surface area contributed by atoms with E-state index < -0.39 is 0 Å². The molecule has 1 aliphatic rings. The van der Waals surface area contributed by atoms with Crippen molar-refractivity contribution in [3.8, 4) is 0 Å². The normalized spacial score (nSPS) is 18.4. The van der Waals surface area contributed by atoms with Crippen molar-refractivity contribution in [1.82, 2.24) is 5.32 Å². The molecule has 0 aromatic heterocycles. The van der Waals surface area contributed by atoms with Gasteiger partial charge in [-0.15, -0.1) is 0 Å². The Kier molecular flexibility index (Phi) is 6.03. The van der Waals surface area contributed by atoms with E-state index in [9.17, 15) is 4.39 Å². The highest BCUT2D eigenvalue weighted by atomic mass is 19.1. The van der Waals surface area contributed by atoms with E-state index in [1.807, 2.05) is 6.07 Å². The number of rotatable bonds is 6. The largest absolute Gasteiger partial charge is 0.314 e. The van der Waals surface area contributed by atoms with Gasteiger partial charge in [-0.2, -0.15) is 0 Å². The fourth-order valence-corrected chi connectivity index (χ4v) is 3.36. The average Bonchev–Trinajstić information content (AvgIpc) is 2.44. The molecule has 1 aromatic rings. The van der Waals surface area contributed by atoms with E-state index >= 15 is 0 Å². The van der Waals surface area contributed by atoms with Crippen molar-refractivity contribution in [2.75, 3.05) is 6.54 Å². The Morgan fingerprint density at radius 3 is 2.60 bits per heavy atom. The zero-order valence-electron chi connectivity index (χ0n) is 12.9. The highest BCUT2D eigenvalue weighted by molar-refractivity contribution is 5.17. The van der Waals surface area contributed by atoms with Crippen molar-refractivity contribution in [2.24, 2.45) is 11.8 Å². The second-order valence-corrected chi connectivity index (χ2v) is 6.56. The maximum atomic E-state index is 13.4. The number of halogens is 1. The molecule has 0 spiro atoms. The summed E-state index contributed by atoms with van der Waals surface area (Å²) in [4.78, 5) is 0. The second kappa shape index (κ2) is 7.78. The lowest BCUT2D eigenvalue weighted by Gasteiger charge is -2.31. The van der Waals surface area contributed by atoms with Crippen molar-refractivity contribution in [3.63, 3.8) is 0 Å². The third-order valence-electron chi connectivity index (χ3n) is 4.49. The first-order chi connectivity index (χ1) is 9.65. The molecular formula is C18H28FN. The standard InChI is InChI=1S/C18H28FN/c1-14(2)20-13-17(16-8-4-3-5-9-16)11-15-7-6-10-18(19)12-15/h6-7,10,12,14,16-17,20H,3-5,8-9,11,13H2,1-2H3. The SMILES string of the molecule is CC(C)NCC(Cc1cccc(F)c1)C1CCCCC1. The van der Waals surface area contributed by atoms with Crippen LogP contribution in [0.25, 0.3) is 0 Å². The number of hydrogen-bond donors (Lipinski definition) is 1. The van der Waals surface area contributed by atoms with Gasteiger partial charge in [-0.05, 0) is 42.5 Å². The third kappa shape index (κ3) is 4.90. The molecule has 0 amide bonds. The molecule has 20 heavy (non-hydrogen) atoms. The Morgan fingerprint density at radius 2 is 1.95 bits per heavy atom. The summed E-state index contributed by atoms with van der Waals surface area (Å²) in [6.07, 6.45) is 7.82. The van der Waals surface area contributed by atoms with Gasteiger partial charge >= 0.3 is 0 Å². The van der Waals surface area contributed by atoms with Crippen molar-refractivity contribution in [2.45, 2.75) is 58.4 Å². The summed E-state index contributed by atoms with van der Waals surface area (Å²) in [6.45, 7) is 5.44. The predicted octanol–water partition coefficient (Wildman–Crippen LogP) is 4.56. The van der Waals surface area contributed by atoms with Crippen molar-refractivity contribution in [3.05, 3.63) is 35.6 Å². The van der Waals surface area contributed by atoms with Crippen molar-refractivity contribution >= 4 is 0 Å². The van der Waals surface area contributed by atoms with E-state index in [1.54, 1.807) is 6.07 Å². The van der Waals surface area contributed by atoms with Gasteiger partial charge in [0.25, 0.3) is 0 Å². The van der Waals surface area contributed by atoms with Crippen LogP contribution in [0, 0.1) is 17.7 Å². The summed E-state index contributed by atoms with van der Waals surface area (Å²) >= 11 is 0. The molecule has 1 aromatic carbocycles. The summed E-state index contributed by atoms with van der Waals surface area (Å²) in [5.41, 5.74) is 1.14. The van der Waals surface area contributed by atoms with Crippen LogP contribution in [-0.4, -0.2) is 12.6 Å². The first kappa shape index (κ1) is 15.5. The molecular weight excluding hydrogens is 249 g/mol. The Labute approximate surface area is 123 Å². The van der Waals surface area contributed by atoms with E-state index in [-0.39, 0.29) is 5.82 Å². The maximum absolute atomic E-state index is 13.4. The Hall–Kier alpha value is -0.890. The van der Waals surface area contributed by atoms with Crippen LogP contribution in [-0.2, 0) is 6.42 Å². The van der Waals surface area contributed by atoms with Crippen molar-refractivity contribution in [1.29, 1.82) is 0 Å². The van der Waals surface area contributed by atoms with Crippen LogP contribution >= 0.6 is 0 Å². The highest BCUT2D eigenvalue weighted by Crippen LogP contribution is 2.31. The Bertz CT molecular complexity index is 396. The zero-order valence-corrected chi connectivity index (χ0v) is 12.9. The first-order valence-corrected chi connectivity index (χ1v) is 8.13. The molecule has 0 heterocycles. The summed E-state index contributed by atoms with van der Waals surface area (Å²) in [5, 5.41) is 3.58. The number of benzene rings is 1. The van der Waals surface area contributed by atoms with Crippen LogP contribution in [0.4, 0.5) is 4.39 Å². The summed E-state index contributed by atoms with van der Waals surface area (Å²) in [6, 6.07) is 7.65. The van der Waals surface area contributed by atoms with E-state index in [1.165, 1.54) is 38.2 Å². The number of nitrogens with one attached hydrogen (secondary N) is 1. The van der Waals surface area contributed by atoms with Gasteiger partial charge < -0.3 is 5.32 Å². The minimum Gasteiger partial charge on any atom is -0.314 e. The molecule has 1 aliphatic carbocycles. The van der Waals surface area contributed by atoms with Crippen LogP contribution < -0.4 is 5.32 Å². The van der Waals surface area contributed by atoms with Gasteiger partial charge in [0.1, 0.15) is 5.82 Å². The molecule has 112 valence electrons. The van der Waals surface area contributed by atoms with Gasteiger partial charge in [0, 0.05) is 6.04 Å². The third-order valence-corrected chi connectivity index (χ3v) is 4.49. The van der Waals surface area contributed by atoms with E-state index in [0.29, 0.717) is 12.0 Å². The molecule has 0 radical (unpaired) electrons. The molecule has 0 saturated heterocycles. The predicted molar refractivity (Wildman–Crippen MR) is 83.3 cm³/mol. The van der Waals surface area contributed by atoms with Crippen LogP contribution in [0.1, 0.15) is 51.5 Å². The topological polar surface area (TPSA) is 12.0 Å². The molecule has 1 N–H and O–H groups in total. The minimum atomic E-state index is -0.110. The van der Waals surface area contributed by atoms with Crippen LogP contribution in [0.2, 0.25) is 0 Å². The molecule has 0 aliphatic heterocycles. The zero-order chi connectivity index (χ0) is 14.4. The van der Waals surface area contributed by atoms with Crippen LogP contribution in [0.15, 0.2) is 24.3 Å². The summed E-state index contributed by atoms with van der Waals surface area (Å²) in [5.74, 6) is 1.33. The Morgan fingerprint density at radius 1 is 1.20 bits per heavy atom. The van der Waals surface area contributed by atoms with Gasteiger partial charge in [0.2, 0.25) is 0 Å². The maximum Gasteiger partial charge on any atom is 0.123 e. The molecule has 1 atom stereocenters. The smallest absolute Gasteiger partial charge is 0.123 e. The van der Waals surface area contributed by atoms with Gasteiger partial charge in [-0.1, -0.05) is 58.1 Å². The molecule has 1 unspecified atom stereocenters. The molecule has 2 heteroatoms. The van der Waals surface area contributed by atoms with E-state index in [2.05, 4.69) is 25.2 Å². The van der Waals surface area contributed by atoms with Gasteiger partial charge in [0.05, 0.1) is 0 Å². The molecule has 2 rings (SSSR count). The lowest BCUT2D eigenvalue weighted by atomic mass is 9.77. The first-order valence-electron chi connectivity index (χ1n) is 8.13. The Balaban J connectivity index is 2.00. The van der Waals surface area contributed by atoms with E-state index in [0.717, 1.165) is 24.4 Å². The van der Waals surface area contributed by atoms with Crippen molar-refractivity contribution < 1.29 is 4.39 Å². The monoisotopic (exact) mass is 277 g/mol. The summed E-state index contributed by atoms with van der Waals surface area (Å²) < 4.78 is 13.4.